The number of nitrogens with two attached hydrogens (primary N) is 1. The van der Waals surface area contributed by atoms with Crippen LogP contribution >= 0.6 is 10.7 Å². The summed E-state index contributed by atoms with van der Waals surface area (Å²) in [7, 11) is -7.57. The van der Waals surface area contributed by atoms with E-state index in [1.165, 1.54) is 12.1 Å². The lowest BCUT2D eigenvalue weighted by atomic mass is 10.2. The lowest BCUT2D eigenvalue weighted by Crippen LogP contribution is -1.97. The maximum Gasteiger partial charge on any atom is 0.179 e. The molecule has 2 N–H and O–H groups in total. The first-order chi connectivity index (χ1) is 5.80. The number of halogens is 4. The number of thiol groups is 1. The molecule has 76 valence electrons. The summed E-state index contributed by atoms with van der Waals surface area (Å²) in [5.74, 6) is 0. The second-order valence-corrected chi connectivity index (χ2v) is 4.55. The van der Waals surface area contributed by atoms with Crippen molar-refractivity contribution < 1.29 is 15.5 Å². The van der Waals surface area contributed by atoms with Crippen molar-refractivity contribution >= 4 is 10.7 Å². The van der Waals surface area contributed by atoms with Crippen molar-refractivity contribution in [2.45, 2.75) is 11.4 Å². The molecule has 1 rings (SSSR count). The third-order valence-electron chi connectivity index (χ3n) is 1.56. The summed E-state index contributed by atoms with van der Waals surface area (Å²) < 4.78 is 48.6. The lowest BCUT2D eigenvalue weighted by Gasteiger charge is -2.29. The molecular weight excluding hydrogens is 206 g/mol. The monoisotopic (exact) mass is 215 g/mol. The molecule has 0 saturated heterocycles. The van der Waals surface area contributed by atoms with E-state index in [0.29, 0.717) is 5.56 Å². The molecule has 0 unspecified atom stereocenters. The van der Waals surface area contributed by atoms with Crippen LogP contribution in [0.25, 0.3) is 0 Å². The molecule has 0 saturated carbocycles. The van der Waals surface area contributed by atoms with Gasteiger partial charge in [-0.15, -0.1) is 15.5 Å². The highest BCUT2D eigenvalue weighted by Crippen LogP contribution is 2.81. The molecule has 0 aliphatic heterocycles. The van der Waals surface area contributed by atoms with Gasteiger partial charge in [0.05, 0.1) is 4.90 Å². The van der Waals surface area contributed by atoms with E-state index < -0.39 is 15.6 Å². The van der Waals surface area contributed by atoms with E-state index in [1.54, 1.807) is 0 Å². The molecule has 1 nitrogen and oxygen atoms in total. The molecule has 1 aromatic rings. The average Bonchev–Trinajstić information content (AvgIpc) is 2.02. The van der Waals surface area contributed by atoms with Crippen LogP contribution in [0.4, 0.5) is 15.5 Å². The second-order valence-electron chi connectivity index (χ2n) is 2.59. The van der Waals surface area contributed by atoms with Gasteiger partial charge < -0.3 is 5.73 Å². The van der Waals surface area contributed by atoms with Gasteiger partial charge in [-0.1, -0.05) is 12.1 Å². The normalized spacial score (nSPS) is 15.0. The van der Waals surface area contributed by atoms with Crippen LogP contribution in [0.5, 0.6) is 0 Å². The summed E-state index contributed by atoms with van der Waals surface area (Å²) in [6.07, 6.45) is 0. The summed E-state index contributed by atoms with van der Waals surface area (Å²) in [6, 6.07) is 3.80. The zero-order chi connectivity index (χ0) is 10.1. The summed E-state index contributed by atoms with van der Waals surface area (Å²) >= 11 is 0. The van der Waals surface area contributed by atoms with Crippen LogP contribution in [-0.2, 0) is 6.54 Å². The predicted octanol–water partition coefficient (Wildman–Crippen LogP) is 3.11. The smallest absolute Gasteiger partial charge is 0.179 e. The van der Waals surface area contributed by atoms with Gasteiger partial charge in [-0.3, -0.25) is 0 Å². The Balaban J connectivity index is 3.07. The Morgan fingerprint density at radius 3 is 1.77 bits per heavy atom. The Kier molecular flexibility index (Phi) is 2.29. The van der Waals surface area contributed by atoms with E-state index in [4.69, 9.17) is 5.73 Å². The minimum absolute atomic E-state index is 0.146. The number of rotatable bonds is 2. The van der Waals surface area contributed by atoms with E-state index >= 15 is 0 Å². The van der Waals surface area contributed by atoms with E-state index in [-0.39, 0.29) is 6.54 Å². The van der Waals surface area contributed by atoms with E-state index in [2.05, 4.69) is 0 Å². The van der Waals surface area contributed by atoms with Gasteiger partial charge in [0.25, 0.3) is 0 Å². The van der Waals surface area contributed by atoms with Gasteiger partial charge in [-0.05, 0) is 17.7 Å². The SMILES string of the molecule is NCc1ccc([SH](F)(F)(F)F)cc1. The quantitative estimate of drug-likeness (QED) is 0.575. The van der Waals surface area contributed by atoms with Crippen molar-refractivity contribution in [3.63, 3.8) is 0 Å². The van der Waals surface area contributed by atoms with Gasteiger partial charge in [0, 0.05) is 6.54 Å². The van der Waals surface area contributed by atoms with Crippen LogP contribution in [0.1, 0.15) is 5.56 Å². The fourth-order valence-electron chi connectivity index (χ4n) is 0.857. The van der Waals surface area contributed by atoms with E-state index in [9.17, 15) is 15.5 Å². The predicted molar refractivity (Wildman–Crippen MR) is 46.0 cm³/mol. The summed E-state index contributed by atoms with van der Waals surface area (Å²) in [5, 5.41) is 0. The van der Waals surface area contributed by atoms with Gasteiger partial charge in [0.15, 0.2) is 10.7 Å². The maximum atomic E-state index is 12.1. The Morgan fingerprint density at radius 1 is 1.00 bits per heavy atom. The molecule has 0 radical (unpaired) electrons. The fraction of sp³-hybridized carbons (Fsp3) is 0.143. The van der Waals surface area contributed by atoms with Crippen molar-refractivity contribution in [3.05, 3.63) is 29.8 Å². The minimum atomic E-state index is -7.57. The van der Waals surface area contributed by atoms with E-state index in [0.717, 1.165) is 12.1 Å². The van der Waals surface area contributed by atoms with Crippen LogP contribution in [0.3, 0.4) is 0 Å². The highest BCUT2D eigenvalue weighted by atomic mass is 32.4. The highest BCUT2D eigenvalue weighted by Gasteiger charge is 2.39. The number of hydrogen-bond donors (Lipinski definition) is 2. The molecule has 6 heteroatoms. The molecule has 0 aliphatic rings. The summed E-state index contributed by atoms with van der Waals surface area (Å²) in [4.78, 5) is -1.19. The minimum Gasteiger partial charge on any atom is -0.326 e. The standard InChI is InChI=1S/C7H9F4NS/c8-13(9,10,11)7-3-1-6(5-12)2-4-7/h1-4,13H,5,12H2. The Bertz CT molecular complexity index is 293. The molecule has 0 aromatic heterocycles. The molecule has 0 atom stereocenters. The van der Waals surface area contributed by atoms with Crippen LogP contribution < -0.4 is 5.73 Å². The topological polar surface area (TPSA) is 26.0 Å². The third kappa shape index (κ3) is 2.60. The molecular formula is C7H9F4NS. The molecule has 0 heterocycles. The maximum absolute atomic E-state index is 12.1. The Labute approximate surface area is 74.0 Å². The molecule has 13 heavy (non-hydrogen) atoms. The first-order valence-corrected chi connectivity index (χ1v) is 5.28. The fourth-order valence-corrected chi connectivity index (χ4v) is 1.46. The van der Waals surface area contributed by atoms with E-state index in [1.807, 2.05) is 0 Å². The van der Waals surface area contributed by atoms with Crippen LogP contribution in [0.2, 0.25) is 0 Å². The van der Waals surface area contributed by atoms with Crippen LogP contribution in [0, 0.1) is 0 Å². The molecule has 0 fully saturated rings. The van der Waals surface area contributed by atoms with Gasteiger partial charge >= 0.3 is 0 Å². The van der Waals surface area contributed by atoms with Crippen molar-refractivity contribution in [2.75, 3.05) is 0 Å². The zero-order valence-electron chi connectivity index (χ0n) is 6.55. The van der Waals surface area contributed by atoms with Gasteiger partial charge in [-0.2, -0.15) is 0 Å². The summed E-state index contributed by atoms with van der Waals surface area (Å²) in [6.45, 7) is 0.146. The van der Waals surface area contributed by atoms with Crippen LogP contribution in [-0.4, -0.2) is 0 Å². The molecule has 0 bridgehead atoms. The van der Waals surface area contributed by atoms with Crippen molar-refractivity contribution in [2.24, 2.45) is 5.73 Å². The van der Waals surface area contributed by atoms with Crippen molar-refractivity contribution in [1.29, 1.82) is 0 Å². The van der Waals surface area contributed by atoms with Gasteiger partial charge in [-0.25, -0.2) is 0 Å². The Hall–Kier alpha value is -0.750. The van der Waals surface area contributed by atoms with Crippen molar-refractivity contribution in [1.82, 2.24) is 0 Å². The number of benzene rings is 1. The Morgan fingerprint density at radius 2 is 1.46 bits per heavy atom. The first-order valence-electron chi connectivity index (χ1n) is 3.48. The van der Waals surface area contributed by atoms with Crippen LogP contribution in [0.15, 0.2) is 29.2 Å². The summed E-state index contributed by atoms with van der Waals surface area (Å²) in [5.41, 5.74) is 5.72. The average molecular weight is 215 g/mol. The molecule has 0 amide bonds. The third-order valence-corrected chi connectivity index (χ3v) is 2.64. The molecule has 0 aliphatic carbocycles. The molecule has 0 spiro atoms. The molecule has 1 aromatic carbocycles. The highest BCUT2D eigenvalue weighted by molar-refractivity contribution is 8.33. The second kappa shape index (κ2) is 2.88. The zero-order valence-corrected chi connectivity index (χ0v) is 7.45. The van der Waals surface area contributed by atoms with Crippen molar-refractivity contribution in [3.8, 4) is 0 Å². The lowest BCUT2D eigenvalue weighted by molar-refractivity contribution is 0.495. The first kappa shape index (κ1) is 10.3. The largest absolute Gasteiger partial charge is 0.326 e. The van der Waals surface area contributed by atoms with Gasteiger partial charge in [0.2, 0.25) is 0 Å². The number of hydrogen-bond acceptors (Lipinski definition) is 1. The van der Waals surface area contributed by atoms with Gasteiger partial charge in [0.1, 0.15) is 0 Å².